The van der Waals surface area contributed by atoms with Gasteiger partial charge in [0.15, 0.2) is 11.5 Å². The van der Waals surface area contributed by atoms with Crippen molar-refractivity contribution in [2.45, 2.75) is 32.5 Å². The Bertz CT molecular complexity index is 2800. The smallest absolute Gasteiger partial charge is 0.329 e. The number of hydrogen-bond donors (Lipinski definition) is 3. The van der Waals surface area contributed by atoms with E-state index < -0.39 is 22.7 Å². The number of benzene rings is 3. The fraction of sp³-hybridized carbons (Fsp3) is 0.250. The van der Waals surface area contributed by atoms with Crippen molar-refractivity contribution in [3.63, 3.8) is 0 Å². The number of nitrogens with zero attached hydrogens (tertiary/aromatic N) is 8. The summed E-state index contributed by atoms with van der Waals surface area (Å²) in [5.74, 6) is -0.361. The van der Waals surface area contributed by atoms with Gasteiger partial charge in [0.05, 0.1) is 23.1 Å². The van der Waals surface area contributed by atoms with Crippen LogP contribution in [-0.2, 0) is 25.7 Å². The average molecular weight is 761 g/mol. The third-order valence-corrected chi connectivity index (χ3v) is 10.1. The zero-order valence-corrected chi connectivity index (χ0v) is 30.8. The predicted octanol–water partition coefficient (Wildman–Crippen LogP) is 4.14. The number of halogens is 2. The highest BCUT2D eigenvalue weighted by molar-refractivity contribution is 5.79. The van der Waals surface area contributed by atoms with Crippen LogP contribution < -0.4 is 27.0 Å². The molecule has 3 aromatic carbocycles. The van der Waals surface area contributed by atoms with Crippen molar-refractivity contribution in [3.8, 4) is 5.82 Å². The molecule has 1 aliphatic rings. The van der Waals surface area contributed by atoms with E-state index in [1.807, 2.05) is 24.3 Å². The van der Waals surface area contributed by atoms with Crippen LogP contribution in [0.25, 0.3) is 27.8 Å². The van der Waals surface area contributed by atoms with Crippen molar-refractivity contribution in [1.82, 2.24) is 38.8 Å². The largest absolute Gasteiger partial charge is 0.384 e. The first-order chi connectivity index (χ1) is 26.8. The standard InChI is InChI=1S/C40H38F2N10O4/c1-40(2,56)32-8-5-9-33(45-32)52-35-28(37(54)48(52)3)21-43-38(46-35)44-26-11-13-27(14-12-26)50-18-16-49(17-19-50)23-25-20-24(10-15-29(25)41)22-51-31-7-4-6-30(42)34(31)36(53)47-39(51)55/h4-15,20-21,56H,16-19,22-23H2,1-3H3,(H,43,44,46)(H,47,53,55). The van der Waals surface area contributed by atoms with E-state index in [9.17, 15) is 23.9 Å². The Morgan fingerprint density at radius 1 is 0.875 bits per heavy atom. The van der Waals surface area contributed by atoms with Gasteiger partial charge in [-0.15, -0.1) is 0 Å². The van der Waals surface area contributed by atoms with Gasteiger partial charge in [-0.1, -0.05) is 18.2 Å². The van der Waals surface area contributed by atoms with Crippen molar-refractivity contribution < 1.29 is 13.9 Å². The lowest BCUT2D eigenvalue weighted by Crippen LogP contribution is -2.46. The van der Waals surface area contributed by atoms with Gasteiger partial charge in [0, 0.05) is 62.9 Å². The maximum absolute atomic E-state index is 15.0. The maximum Gasteiger partial charge on any atom is 0.329 e. The highest BCUT2D eigenvalue weighted by Gasteiger charge is 2.22. The zero-order chi connectivity index (χ0) is 39.3. The molecule has 0 saturated carbocycles. The molecule has 4 aromatic heterocycles. The first-order valence-corrected chi connectivity index (χ1v) is 18.0. The van der Waals surface area contributed by atoms with Crippen LogP contribution in [0.2, 0.25) is 0 Å². The molecule has 7 aromatic rings. The molecular formula is C40H38F2N10O4. The Balaban J connectivity index is 0.925. The Morgan fingerprint density at radius 3 is 2.38 bits per heavy atom. The third-order valence-electron chi connectivity index (χ3n) is 10.1. The Hall–Kier alpha value is -6.52. The molecule has 0 spiro atoms. The summed E-state index contributed by atoms with van der Waals surface area (Å²) in [4.78, 5) is 58.2. The van der Waals surface area contributed by atoms with Crippen LogP contribution in [0.15, 0.2) is 99.4 Å². The number of anilines is 3. The monoisotopic (exact) mass is 760 g/mol. The summed E-state index contributed by atoms with van der Waals surface area (Å²) in [5.41, 5.74) is 0.960. The van der Waals surface area contributed by atoms with E-state index in [0.29, 0.717) is 72.3 Å². The predicted molar refractivity (Wildman–Crippen MR) is 209 cm³/mol. The molecule has 1 fully saturated rings. The lowest BCUT2D eigenvalue weighted by atomic mass is 10.1. The summed E-state index contributed by atoms with van der Waals surface area (Å²) in [6, 6.07) is 21.9. The molecule has 16 heteroatoms. The quantitative estimate of drug-likeness (QED) is 0.195. The molecule has 0 unspecified atom stereocenters. The zero-order valence-electron chi connectivity index (χ0n) is 30.8. The lowest BCUT2D eigenvalue weighted by molar-refractivity contribution is 0.0738. The molecule has 1 aliphatic heterocycles. The van der Waals surface area contributed by atoms with E-state index in [1.54, 1.807) is 55.9 Å². The number of rotatable bonds is 9. The minimum absolute atomic E-state index is 0.0332. The summed E-state index contributed by atoms with van der Waals surface area (Å²) >= 11 is 0. The molecule has 0 radical (unpaired) electrons. The van der Waals surface area contributed by atoms with Gasteiger partial charge in [-0.25, -0.2) is 32.9 Å². The fourth-order valence-electron chi connectivity index (χ4n) is 7.07. The normalized spacial score (nSPS) is 13.9. The minimum atomic E-state index is -1.17. The number of H-pyrrole nitrogens is 1. The van der Waals surface area contributed by atoms with Crippen LogP contribution in [0.3, 0.4) is 0 Å². The summed E-state index contributed by atoms with van der Waals surface area (Å²) in [5, 5.41) is 13.9. The van der Waals surface area contributed by atoms with Crippen molar-refractivity contribution in [1.29, 1.82) is 0 Å². The van der Waals surface area contributed by atoms with E-state index in [4.69, 9.17) is 0 Å². The second kappa shape index (κ2) is 14.3. The molecule has 8 rings (SSSR count). The molecule has 1 saturated heterocycles. The van der Waals surface area contributed by atoms with E-state index >= 15 is 4.39 Å². The maximum atomic E-state index is 15.0. The van der Waals surface area contributed by atoms with Gasteiger partial charge in [0.1, 0.15) is 22.6 Å². The van der Waals surface area contributed by atoms with Gasteiger partial charge in [-0.2, -0.15) is 4.98 Å². The lowest BCUT2D eigenvalue weighted by Gasteiger charge is -2.36. The topological polar surface area (TPSA) is 159 Å². The molecule has 286 valence electrons. The first kappa shape index (κ1) is 36.5. The number of aromatic nitrogens is 7. The molecule has 0 atom stereocenters. The molecule has 3 N–H and O–H groups in total. The SMILES string of the molecule is Cn1c(=O)c2cnc(Nc3ccc(N4CCN(Cc5cc(Cn6c(=O)[nH]c(=O)c7c(F)cccc76)ccc5F)CC4)cc3)nc2n1-c1cccc(C(C)(C)O)n1. The first-order valence-electron chi connectivity index (χ1n) is 18.0. The van der Waals surface area contributed by atoms with E-state index in [0.717, 1.165) is 11.4 Å². The molecule has 0 amide bonds. The van der Waals surface area contributed by atoms with E-state index in [-0.39, 0.29) is 28.8 Å². The van der Waals surface area contributed by atoms with Gasteiger partial charge in [-0.05, 0) is 80.1 Å². The summed E-state index contributed by atoms with van der Waals surface area (Å²) in [6.07, 6.45) is 1.48. The molecule has 0 aliphatic carbocycles. The Morgan fingerprint density at radius 2 is 1.62 bits per heavy atom. The van der Waals surface area contributed by atoms with Crippen molar-refractivity contribution in [2.24, 2.45) is 7.05 Å². The van der Waals surface area contributed by atoms with Gasteiger partial charge in [0.2, 0.25) is 5.95 Å². The molecule has 5 heterocycles. The van der Waals surface area contributed by atoms with Crippen LogP contribution in [0.5, 0.6) is 0 Å². The molecule has 56 heavy (non-hydrogen) atoms. The molecule has 0 bridgehead atoms. The number of hydrogen-bond acceptors (Lipinski definition) is 10. The number of aliphatic hydroxyl groups is 1. The second-order valence-corrected chi connectivity index (χ2v) is 14.4. The Kier molecular flexibility index (Phi) is 9.30. The number of aromatic amines is 1. The van der Waals surface area contributed by atoms with Crippen LogP contribution >= 0.6 is 0 Å². The second-order valence-electron chi connectivity index (χ2n) is 14.4. The van der Waals surface area contributed by atoms with Gasteiger partial charge in [-0.3, -0.25) is 24.0 Å². The summed E-state index contributed by atoms with van der Waals surface area (Å²) < 4.78 is 33.8. The van der Waals surface area contributed by atoms with Crippen molar-refractivity contribution in [2.75, 3.05) is 36.4 Å². The van der Waals surface area contributed by atoms with Crippen LogP contribution in [-0.4, -0.2) is 70.1 Å². The molecular weight excluding hydrogens is 723 g/mol. The van der Waals surface area contributed by atoms with Gasteiger partial charge < -0.3 is 15.3 Å². The molecule has 14 nitrogen and oxygen atoms in total. The number of pyridine rings is 1. The summed E-state index contributed by atoms with van der Waals surface area (Å²) in [6.45, 7) is 6.49. The van der Waals surface area contributed by atoms with Crippen molar-refractivity contribution in [3.05, 3.63) is 145 Å². The highest BCUT2D eigenvalue weighted by atomic mass is 19.1. The Labute approximate surface area is 317 Å². The van der Waals surface area contributed by atoms with Crippen LogP contribution in [0.1, 0.15) is 30.7 Å². The van der Waals surface area contributed by atoms with Crippen LogP contribution in [0.4, 0.5) is 26.1 Å². The fourth-order valence-corrected chi connectivity index (χ4v) is 7.07. The van der Waals surface area contributed by atoms with Crippen LogP contribution in [0, 0.1) is 11.6 Å². The third kappa shape index (κ3) is 6.95. The number of nitrogens with one attached hydrogen (secondary N) is 2. The van der Waals surface area contributed by atoms with E-state index in [2.05, 4.69) is 35.1 Å². The summed E-state index contributed by atoms with van der Waals surface area (Å²) in [7, 11) is 1.62. The van der Waals surface area contributed by atoms with Gasteiger partial charge >= 0.3 is 5.69 Å². The highest BCUT2D eigenvalue weighted by Crippen LogP contribution is 2.25. The number of fused-ring (bicyclic) bond motifs is 2. The minimum Gasteiger partial charge on any atom is -0.384 e. The average Bonchev–Trinajstić information content (AvgIpc) is 3.42. The van der Waals surface area contributed by atoms with E-state index in [1.165, 1.54) is 39.7 Å². The van der Waals surface area contributed by atoms with Crippen molar-refractivity contribution >= 4 is 39.3 Å². The number of piperazine rings is 1. The van der Waals surface area contributed by atoms with Gasteiger partial charge in [0.25, 0.3) is 11.1 Å².